The van der Waals surface area contributed by atoms with Gasteiger partial charge in [-0.1, -0.05) is 33.8 Å². The highest BCUT2D eigenvalue weighted by Crippen LogP contribution is 2.25. The molecule has 1 N–H and O–H groups in total. The van der Waals surface area contributed by atoms with E-state index in [1.54, 1.807) is 11.3 Å². The number of ether oxygens (including phenoxy) is 1. The first-order chi connectivity index (χ1) is 9.92. The van der Waals surface area contributed by atoms with Gasteiger partial charge in [-0.15, -0.1) is 11.3 Å². The molecule has 3 nitrogen and oxygen atoms in total. The van der Waals surface area contributed by atoms with E-state index < -0.39 is 0 Å². The van der Waals surface area contributed by atoms with Crippen LogP contribution in [-0.4, -0.2) is 19.1 Å². The van der Waals surface area contributed by atoms with Crippen molar-refractivity contribution in [1.82, 2.24) is 5.32 Å². The van der Waals surface area contributed by atoms with E-state index in [0.717, 1.165) is 12.8 Å². The Kier molecular flexibility index (Phi) is 7.97. The minimum absolute atomic E-state index is 0.0555. The Hall–Kier alpha value is -0.870. The van der Waals surface area contributed by atoms with Crippen LogP contribution in [-0.2, 0) is 9.53 Å². The van der Waals surface area contributed by atoms with Gasteiger partial charge < -0.3 is 10.1 Å². The maximum Gasteiger partial charge on any atom is 0.307 e. The summed E-state index contributed by atoms with van der Waals surface area (Å²) >= 11 is 1.69. The van der Waals surface area contributed by atoms with Gasteiger partial charge in [-0.3, -0.25) is 4.79 Å². The Bertz CT molecular complexity index is 391. The zero-order chi connectivity index (χ0) is 15.8. The molecule has 0 spiro atoms. The molecule has 0 aliphatic heterocycles. The van der Waals surface area contributed by atoms with E-state index in [9.17, 15) is 4.79 Å². The number of nitrogens with one attached hydrogen (secondary N) is 1. The van der Waals surface area contributed by atoms with Crippen LogP contribution in [0.4, 0.5) is 0 Å². The highest BCUT2D eigenvalue weighted by molar-refractivity contribution is 7.10. The average Bonchev–Trinajstić information content (AvgIpc) is 2.89. The zero-order valence-corrected chi connectivity index (χ0v) is 14.7. The number of carbonyl (C=O) groups excluding carboxylic acids is 1. The Morgan fingerprint density at radius 3 is 2.29 bits per heavy atom. The summed E-state index contributed by atoms with van der Waals surface area (Å²) < 4.78 is 4.85. The van der Waals surface area contributed by atoms with Crippen LogP contribution in [0, 0.1) is 11.8 Å². The van der Waals surface area contributed by atoms with Crippen LogP contribution in [0.5, 0.6) is 0 Å². The Morgan fingerprint density at radius 1 is 1.24 bits per heavy atom. The SMILES string of the molecule is COC(=O)CC(NC(CC(C)C)CC(C)C)c1cccs1. The van der Waals surface area contributed by atoms with Gasteiger partial charge in [-0.2, -0.15) is 0 Å². The fraction of sp³-hybridized carbons (Fsp3) is 0.706. The largest absolute Gasteiger partial charge is 0.469 e. The molecule has 1 atom stereocenters. The van der Waals surface area contributed by atoms with Gasteiger partial charge in [0.2, 0.25) is 0 Å². The fourth-order valence-corrected chi connectivity index (χ4v) is 3.42. The molecule has 4 heteroatoms. The number of esters is 1. The lowest BCUT2D eigenvalue weighted by Crippen LogP contribution is -2.36. The zero-order valence-electron chi connectivity index (χ0n) is 13.9. The number of rotatable bonds is 9. The lowest BCUT2D eigenvalue weighted by molar-refractivity contribution is -0.141. The summed E-state index contributed by atoms with van der Waals surface area (Å²) in [4.78, 5) is 12.9. The molecular formula is C17H29NO2S. The van der Waals surface area contributed by atoms with Crippen LogP contribution in [0.15, 0.2) is 17.5 Å². The molecule has 1 rings (SSSR count). The third-order valence-electron chi connectivity index (χ3n) is 3.43. The first-order valence-electron chi connectivity index (χ1n) is 7.78. The van der Waals surface area contributed by atoms with E-state index in [2.05, 4.69) is 44.5 Å². The maximum absolute atomic E-state index is 11.7. The minimum Gasteiger partial charge on any atom is -0.469 e. The van der Waals surface area contributed by atoms with Crippen LogP contribution in [0.2, 0.25) is 0 Å². The molecule has 0 saturated carbocycles. The first kappa shape index (κ1) is 18.2. The van der Waals surface area contributed by atoms with Gasteiger partial charge >= 0.3 is 5.97 Å². The fourth-order valence-electron chi connectivity index (χ4n) is 2.64. The molecule has 0 bridgehead atoms. The molecule has 0 radical (unpaired) electrons. The quantitative estimate of drug-likeness (QED) is 0.687. The van der Waals surface area contributed by atoms with E-state index >= 15 is 0 Å². The Morgan fingerprint density at radius 2 is 1.86 bits per heavy atom. The smallest absolute Gasteiger partial charge is 0.307 e. The second-order valence-corrected chi connectivity index (χ2v) is 7.45. The number of hydrogen-bond donors (Lipinski definition) is 1. The van der Waals surface area contributed by atoms with E-state index in [4.69, 9.17) is 4.74 Å². The third-order valence-corrected chi connectivity index (χ3v) is 4.42. The van der Waals surface area contributed by atoms with Crippen LogP contribution in [0.1, 0.15) is 57.9 Å². The van der Waals surface area contributed by atoms with Gasteiger partial charge in [0.1, 0.15) is 0 Å². The number of methoxy groups -OCH3 is 1. The summed E-state index contributed by atoms with van der Waals surface area (Å²) in [5.74, 6) is 1.13. The normalized spacial score (nSPS) is 13.1. The maximum atomic E-state index is 11.7. The Balaban J connectivity index is 2.78. The molecule has 0 aliphatic rings. The molecule has 0 saturated heterocycles. The van der Waals surface area contributed by atoms with Crippen molar-refractivity contribution >= 4 is 17.3 Å². The second kappa shape index (κ2) is 9.21. The minimum atomic E-state index is -0.159. The summed E-state index contributed by atoms with van der Waals surface area (Å²) in [6.07, 6.45) is 2.64. The van der Waals surface area contributed by atoms with Crippen molar-refractivity contribution in [3.05, 3.63) is 22.4 Å². The van der Waals surface area contributed by atoms with Gasteiger partial charge in [0.05, 0.1) is 19.6 Å². The van der Waals surface area contributed by atoms with Crippen LogP contribution in [0.25, 0.3) is 0 Å². The van der Waals surface area contributed by atoms with Crippen molar-refractivity contribution < 1.29 is 9.53 Å². The number of hydrogen-bond acceptors (Lipinski definition) is 4. The first-order valence-corrected chi connectivity index (χ1v) is 8.66. The summed E-state index contributed by atoms with van der Waals surface area (Å²) in [7, 11) is 1.45. The van der Waals surface area contributed by atoms with Crippen molar-refractivity contribution in [1.29, 1.82) is 0 Å². The Labute approximate surface area is 133 Å². The molecule has 0 fully saturated rings. The van der Waals surface area contributed by atoms with Crippen LogP contribution >= 0.6 is 11.3 Å². The molecule has 1 aromatic rings. The van der Waals surface area contributed by atoms with Crippen molar-refractivity contribution in [3.8, 4) is 0 Å². The molecule has 0 aliphatic carbocycles. The monoisotopic (exact) mass is 311 g/mol. The molecule has 21 heavy (non-hydrogen) atoms. The van der Waals surface area contributed by atoms with E-state index in [-0.39, 0.29) is 12.0 Å². The molecule has 0 aromatic carbocycles. The highest BCUT2D eigenvalue weighted by atomic mass is 32.1. The average molecular weight is 311 g/mol. The van der Waals surface area contributed by atoms with Gasteiger partial charge in [-0.25, -0.2) is 0 Å². The number of carbonyl (C=O) groups is 1. The van der Waals surface area contributed by atoms with Crippen molar-refractivity contribution in [2.75, 3.05) is 7.11 Å². The lowest BCUT2D eigenvalue weighted by atomic mass is 9.94. The predicted molar refractivity (Wildman–Crippen MR) is 89.5 cm³/mol. The van der Waals surface area contributed by atoms with Crippen LogP contribution in [0.3, 0.4) is 0 Å². The summed E-state index contributed by atoms with van der Waals surface area (Å²) in [6, 6.07) is 4.61. The van der Waals surface area contributed by atoms with Crippen molar-refractivity contribution in [3.63, 3.8) is 0 Å². The van der Waals surface area contributed by atoms with Gasteiger partial charge in [-0.05, 0) is 36.1 Å². The molecular weight excluding hydrogens is 282 g/mol. The molecule has 120 valence electrons. The number of thiophene rings is 1. The topological polar surface area (TPSA) is 38.3 Å². The molecule has 1 heterocycles. The van der Waals surface area contributed by atoms with Crippen molar-refractivity contribution in [2.45, 2.75) is 59.0 Å². The lowest BCUT2D eigenvalue weighted by Gasteiger charge is -2.27. The van der Waals surface area contributed by atoms with E-state index in [0.29, 0.717) is 24.3 Å². The van der Waals surface area contributed by atoms with Gasteiger partial charge in [0.25, 0.3) is 0 Å². The summed E-state index contributed by atoms with van der Waals surface area (Å²) in [5, 5.41) is 5.75. The summed E-state index contributed by atoms with van der Waals surface area (Å²) in [6.45, 7) is 8.98. The van der Waals surface area contributed by atoms with Gasteiger partial charge in [0, 0.05) is 10.9 Å². The van der Waals surface area contributed by atoms with Gasteiger partial charge in [0.15, 0.2) is 0 Å². The van der Waals surface area contributed by atoms with Crippen LogP contribution < -0.4 is 5.32 Å². The van der Waals surface area contributed by atoms with E-state index in [1.807, 2.05) is 6.07 Å². The molecule has 1 unspecified atom stereocenters. The second-order valence-electron chi connectivity index (χ2n) is 6.47. The standard InChI is InChI=1S/C17H29NO2S/c1-12(2)9-14(10-13(3)4)18-15(11-17(19)20-5)16-7-6-8-21-16/h6-8,12-15,18H,9-11H2,1-5H3. The third kappa shape index (κ3) is 7.09. The van der Waals surface area contributed by atoms with E-state index in [1.165, 1.54) is 12.0 Å². The highest BCUT2D eigenvalue weighted by Gasteiger charge is 2.22. The predicted octanol–water partition coefficient (Wildman–Crippen LogP) is 4.40. The molecule has 0 amide bonds. The van der Waals surface area contributed by atoms with Crippen molar-refractivity contribution in [2.24, 2.45) is 11.8 Å². The molecule has 1 aromatic heterocycles. The summed E-state index contributed by atoms with van der Waals surface area (Å²) in [5.41, 5.74) is 0.